The largest absolute Gasteiger partial charge is 0.507 e. The number of benzene rings is 4. The number of methoxy groups -OCH3 is 4. The number of para-hydroxylation sites is 1. The van der Waals surface area contributed by atoms with Crippen molar-refractivity contribution in [2.24, 2.45) is 0 Å². The Hall–Kier alpha value is -10.2. The average molecular weight is 1580 g/mol. The minimum Gasteiger partial charge on any atom is -0.507 e. The number of phenolic OH excluding ortho intramolecular Hbond substituents is 4. The molecule has 4 aromatic carbocycles. The molecule has 8 aliphatic rings. The lowest BCUT2D eigenvalue weighted by Gasteiger charge is -2.33. The first-order valence-corrected chi connectivity index (χ1v) is 41.3. The molecule has 115 heavy (non-hydrogen) atoms. The summed E-state index contributed by atoms with van der Waals surface area (Å²) < 4.78 is 20.7. The number of likely N-dealkylation sites (tertiary alicyclic amines) is 4. The molecule has 4 unspecified atom stereocenters. The smallest absolute Gasteiger partial charge is 0.252 e. The van der Waals surface area contributed by atoms with E-state index in [2.05, 4.69) is 59.1 Å². The van der Waals surface area contributed by atoms with Crippen molar-refractivity contribution in [3.8, 4) is 46.0 Å². The van der Waals surface area contributed by atoms with Crippen LogP contribution in [-0.4, -0.2) is 213 Å². The number of aromatic hydroxyl groups is 4. The van der Waals surface area contributed by atoms with E-state index in [0.717, 1.165) is 264 Å². The number of phenols is 4. The van der Waals surface area contributed by atoms with E-state index in [9.17, 15) is 39.6 Å². The number of H-pyrrole nitrogens is 4. The van der Waals surface area contributed by atoms with Crippen LogP contribution >= 0.6 is 0 Å². The molecule has 620 valence electrons. The van der Waals surface area contributed by atoms with Gasteiger partial charge in [0, 0.05) is 193 Å². The third kappa shape index (κ3) is 22.9. The van der Waals surface area contributed by atoms with Crippen LogP contribution in [0.4, 0.5) is 23.8 Å². The lowest BCUT2D eigenvalue weighted by atomic mass is 9.94. The molecule has 0 bridgehead atoms. The summed E-state index contributed by atoms with van der Waals surface area (Å²) >= 11 is 0. The monoisotopic (exact) mass is 1580 g/mol. The molecule has 16 rings (SSSR count). The van der Waals surface area contributed by atoms with Crippen molar-refractivity contribution in [1.29, 1.82) is 0 Å². The zero-order chi connectivity index (χ0) is 79.5. The first-order chi connectivity index (χ1) is 55.5. The van der Waals surface area contributed by atoms with E-state index in [0.29, 0.717) is 61.1 Å². The summed E-state index contributed by atoms with van der Waals surface area (Å²) in [6.45, 7) is 17.6. The molecule has 0 saturated carbocycles. The fourth-order valence-electron chi connectivity index (χ4n) is 17.4. The molecule has 8 fully saturated rings. The summed E-state index contributed by atoms with van der Waals surface area (Å²) in [6, 6.07) is 28.5. The van der Waals surface area contributed by atoms with Crippen molar-refractivity contribution in [1.82, 2.24) is 59.5 Å². The molecule has 8 saturated heterocycles. The quantitative estimate of drug-likeness (QED) is 0.0351. The Morgan fingerprint density at radius 3 is 0.861 bits per heavy atom. The van der Waals surface area contributed by atoms with Crippen LogP contribution in [0.5, 0.6) is 46.0 Å². The Kier molecular flexibility index (Phi) is 30.0. The van der Waals surface area contributed by atoms with Crippen LogP contribution in [0, 0.1) is 0 Å². The minimum atomic E-state index is -0.0746. The number of nitrogens with one attached hydrogen (secondary N) is 4. The van der Waals surface area contributed by atoms with Gasteiger partial charge in [0.2, 0.25) is 23.8 Å². The van der Waals surface area contributed by atoms with Gasteiger partial charge in [-0.25, -0.2) is 19.9 Å². The Bertz CT molecular complexity index is 4560. The Labute approximate surface area is 674 Å². The zero-order valence-electron chi connectivity index (χ0n) is 66.8. The van der Waals surface area contributed by atoms with Gasteiger partial charge in [-0.05, 0) is 166 Å². The van der Waals surface area contributed by atoms with Gasteiger partial charge in [0.1, 0.15) is 34.5 Å². The number of aromatic amines is 4. The predicted octanol–water partition coefficient (Wildman–Crippen LogP) is 11.3. The Balaban J connectivity index is 0.000000141. The van der Waals surface area contributed by atoms with Crippen LogP contribution < -0.4 is 60.8 Å². The summed E-state index contributed by atoms with van der Waals surface area (Å²) in [5.74, 6) is 7.22. The van der Waals surface area contributed by atoms with Gasteiger partial charge in [-0.15, -0.1) is 0 Å². The molecule has 0 radical (unpaired) electrons. The third-order valence-electron chi connectivity index (χ3n) is 23.6. The lowest BCUT2D eigenvalue weighted by molar-refractivity contribution is 0.196. The molecule has 0 aliphatic carbocycles. The van der Waals surface area contributed by atoms with Crippen molar-refractivity contribution in [2.75, 3.05) is 153 Å². The van der Waals surface area contributed by atoms with Gasteiger partial charge < -0.3 is 59.0 Å². The van der Waals surface area contributed by atoms with Crippen molar-refractivity contribution in [2.45, 2.75) is 173 Å². The molecular formula is C87H120N16O12. The third-order valence-corrected chi connectivity index (χ3v) is 23.6. The lowest BCUT2D eigenvalue weighted by Crippen LogP contribution is -2.36. The number of nitrogens with zero attached hydrogens (tertiary/aromatic N) is 12. The number of aromatic nitrogens is 8. The number of ether oxygens (including phenoxy) is 4. The topological polar surface area (TPSA) is 327 Å². The van der Waals surface area contributed by atoms with E-state index >= 15 is 0 Å². The zero-order valence-corrected chi connectivity index (χ0v) is 66.8. The van der Waals surface area contributed by atoms with Crippen LogP contribution in [-0.2, 0) is 26.2 Å². The van der Waals surface area contributed by atoms with Gasteiger partial charge in [-0.1, -0.05) is 37.8 Å². The molecule has 8 aromatic rings. The van der Waals surface area contributed by atoms with Crippen LogP contribution in [0.2, 0.25) is 0 Å². The summed E-state index contributed by atoms with van der Waals surface area (Å²) in [5, 5.41) is 41.2. The van der Waals surface area contributed by atoms with E-state index in [1.54, 1.807) is 77.0 Å². The van der Waals surface area contributed by atoms with Gasteiger partial charge in [0.15, 0.2) is 11.5 Å². The van der Waals surface area contributed by atoms with Crippen molar-refractivity contribution < 1.29 is 39.4 Å². The molecule has 4 aromatic heterocycles. The molecule has 4 atom stereocenters. The maximum atomic E-state index is 12.3. The van der Waals surface area contributed by atoms with Crippen molar-refractivity contribution in [3.05, 3.63) is 184 Å². The fraction of sp³-hybridized carbons (Fsp3) is 0.540. The standard InChI is InChI=1S/2C22H30N4O3.2C21H28N4O3.CH4/c2*1-29-18-8-7-17(20(27)12-18)15-25-9-5-6-16(14-25)19-13-21(28)24-22(23-19)26-10-3-2-4-11-26;1-28-18-8-4-6-16(20(18)27)14-24-9-5-7-15(13-24)17-12-19(26)23-21(22-17)25-10-2-3-11-25;1-28-17-7-6-16(19(26)11-17)14-24-8-4-5-15(13-24)18-12-20(27)23-21(22-18)25-9-2-3-10-25;/h2*7-8,12-13,16,27H,2-6,9-11,14-15H2,1H3,(H,23,24,28);4,6,8,12,15,27H,2-3,5,7,9-11,13-14H2,1H3,(H,22,23,26);6-7,11-12,15,26H,2-5,8-10,13-14H2,1H3,(H,22,23,27);1H4. The highest BCUT2D eigenvalue weighted by atomic mass is 16.5. The highest BCUT2D eigenvalue weighted by molar-refractivity contribution is 5.46. The molecule has 28 heteroatoms. The van der Waals surface area contributed by atoms with Gasteiger partial charge >= 0.3 is 0 Å². The Morgan fingerprint density at radius 1 is 0.330 bits per heavy atom. The molecular weight excluding hydrogens is 1460 g/mol. The number of anilines is 4. The van der Waals surface area contributed by atoms with E-state index in [4.69, 9.17) is 38.9 Å². The number of rotatable bonds is 20. The first-order valence-electron chi connectivity index (χ1n) is 41.3. The Morgan fingerprint density at radius 2 is 0.600 bits per heavy atom. The fourth-order valence-corrected chi connectivity index (χ4v) is 17.4. The van der Waals surface area contributed by atoms with Gasteiger partial charge in [-0.3, -0.25) is 58.7 Å². The van der Waals surface area contributed by atoms with E-state index in [1.165, 1.54) is 12.8 Å². The van der Waals surface area contributed by atoms with E-state index < -0.39 is 0 Å². The first kappa shape index (κ1) is 84.2. The van der Waals surface area contributed by atoms with Gasteiger partial charge in [0.05, 0.1) is 51.2 Å². The summed E-state index contributed by atoms with van der Waals surface area (Å²) in [6.07, 6.45) is 20.0. The number of hydrogen-bond donors (Lipinski definition) is 8. The summed E-state index contributed by atoms with van der Waals surface area (Å²) in [4.78, 5) is 98.0. The molecule has 0 spiro atoms. The SMILES string of the molecule is C.COc1ccc(CN2CCCC(c3cc(=O)[nH]c(N4CCCC4)n3)C2)c(O)c1.COc1ccc(CN2CCCC(c3cc(=O)[nH]c(N4CCCCC4)n3)C2)c(O)c1.COc1ccc(CN2CCCC(c3cc(=O)[nH]c(N4CCCCC4)n3)C2)c(O)c1.COc1cccc(CN2CCCC(c3cc(=O)[nH]c(N4CCCC4)n3)C2)c1O. The van der Waals surface area contributed by atoms with Crippen molar-refractivity contribution in [3.63, 3.8) is 0 Å². The average Bonchev–Trinajstić information content (AvgIpc) is 1.42. The number of hydrogen-bond acceptors (Lipinski definition) is 24. The van der Waals surface area contributed by atoms with Gasteiger partial charge in [0.25, 0.3) is 22.2 Å². The molecule has 12 heterocycles. The van der Waals surface area contributed by atoms with E-state index in [-0.39, 0.29) is 76.3 Å². The van der Waals surface area contributed by atoms with Crippen LogP contribution in [0.25, 0.3) is 0 Å². The minimum absolute atomic E-state index is 0. The molecule has 28 nitrogen and oxygen atoms in total. The highest BCUT2D eigenvalue weighted by Gasteiger charge is 2.31. The second-order valence-corrected chi connectivity index (χ2v) is 31.7. The second kappa shape index (κ2) is 40.9. The summed E-state index contributed by atoms with van der Waals surface area (Å²) in [7, 11) is 6.34. The van der Waals surface area contributed by atoms with Crippen molar-refractivity contribution >= 4 is 23.8 Å². The number of piperidine rings is 6. The predicted molar refractivity (Wildman–Crippen MR) is 449 cm³/mol. The van der Waals surface area contributed by atoms with Crippen LogP contribution in [0.15, 0.2) is 116 Å². The maximum absolute atomic E-state index is 12.3. The normalized spacial score (nSPS) is 20.3. The highest BCUT2D eigenvalue weighted by Crippen LogP contribution is 2.37. The van der Waals surface area contributed by atoms with E-state index in [1.807, 2.05) is 48.5 Å². The van der Waals surface area contributed by atoms with Crippen LogP contribution in [0.1, 0.15) is 192 Å². The molecule has 8 N–H and O–H groups in total. The van der Waals surface area contributed by atoms with Crippen LogP contribution in [0.3, 0.4) is 0 Å². The maximum Gasteiger partial charge on any atom is 0.252 e. The molecule has 8 aliphatic heterocycles. The van der Waals surface area contributed by atoms with Gasteiger partial charge in [-0.2, -0.15) is 0 Å². The molecule has 0 amide bonds. The second-order valence-electron chi connectivity index (χ2n) is 31.7. The summed E-state index contributed by atoms with van der Waals surface area (Å²) in [5.41, 5.74) is 6.77.